The smallest absolute Gasteiger partial charge is 0.332 e. The maximum absolute atomic E-state index is 13.0. The van der Waals surface area contributed by atoms with Gasteiger partial charge in [0.25, 0.3) is 11.8 Å². The number of imide groups is 1. The number of urea groups is 1. The molecule has 168 valence electrons. The molecule has 32 heavy (non-hydrogen) atoms. The first kappa shape index (κ1) is 21.9. The topological polar surface area (TPSA) is 64.2 Å². The quantitative estimate of drug-likeness (QED) is 0.652. The van der Waals surface area contributed by atoms with Gasteiger partial charge in [-0.3, -0.25) is 9.59 Å². The lowest BCUT2D eigenvalue weighted by Gasteiger charge is -2.36. The second-order valence-corrected chi connectivity index (χ2v) is 8.22. The molecule has 0 unspecified atom stereocenters. The zero-order valence-corrected chi connectivity index (χ0v) is 18.7. The molecule has 0 aliphatic carbocycles. The van der Waals surface area contributed by atoms with Crippen molar-refractivity contribution in [1.29, 1.82) is 0 Å². The van der Waals surface area contributed by atoms with Crippen LogP contribution in [-0.4, -0.2) is 66.4 Å². The molecule has 0 saturated carbocycles. The third kappa shape index (κ3) is 4.20. The molecule has 0 aromatic heterocycles. The Bertz CT molecular complexity index is 964. The fourth-order valence-corrected chi connectivity index (χ4v) is 4.60. The van der Waals surface area contributed by atoms with Gasteiger partial charge in [-0.2, -0.15) is 0 Å². The fraction of sp³-hybridized carbons (Fsp3) is 0.400. The number of hydrogen-bond acceptors (Lipinski definition) is 4. The molecule has 0 N–H and O–H groups in total. The molecule has 2 aromatic rings. The normalized spacial score (nSPS) is 17.2. The van der Waals surface area contributed by atoms with E-state index in [4.69, 9.17) is 0 Å². The highest BCUT2D eigenvalue weighted by Crippen LogP contribution is 2.27. The summed E-state index contributed by atoms with van der Waals surface area (Å²) in [6.45, 7) is 7.33. The summed E-state index contributed by atoms with van der Waals surface area (Å²) < 4.78 is 0. The summed E-state index contributed by atoms with van der Waals surface area (Å²) in [4.78, 5) is 45.4. The number of rotatable bonds is 6. The third-order valence-electron chi connectivity index (χ3n) is 6.44. The van der Waals surface area contributed by atoms with Crippen molar-refractivity contribution in [3.05, 3.63) is 60.2 Å². The standard InChI is InChI=1S/C25H30N4O3/c1-3-26(4-2)20-12-10-19(11-13-20)24(31)27-16-14-21(15-17-27)28-18-23(30)29(25(28)32)22-8-6-5-7-9-22/h5-13,21H,3-4,14-18H2,1-2H3. The van der Waals surface area contributed by atoms with Crippen LogP contribution in [0.4, 0.5) is 16.2 Å². The van der Waals surface area contributed by atoms with E-state index in [1.54, 1.807) is 17.0 Å². The van der Waals surface area contributed by atoms with Gasteiger partial charge in [-0.15, -0.1) is 0 Å². The van der Waals surface area contributed by atoms with Crippen molar-refractivity contribution < 1.29 is 14.4 Å². The molecule has 2 saturated heterocycles. The number of likely N-dealkylation sites (tertiary alicyclic amines) is 1. The lowest BCUT2D eigenvalue weighted by Crippen LogP contribution is -2.48. The van der Waals surface area contributed by atoms with Gasteiger partial charge in [-0.25, -0.2) is 9.69 Å². The van der Waals surface area contributed by atoms with E-state index >= 15 is 0 Å². The predicted molar refractivity (Wildman–Crippen MR) is 125 cm³/mol. The monoisotopic (exact) mass is 434 g/mol. The molecule has 2 aromatic carbocycles. The molecular formula is C25H30N4O3. The Balaban J connectivity index is 1.36. The summed E-state index contributed by atoms with van der Waals surface area (Å²) in [5.41, 5.74) is 2.40. The predicted octanol–water partition coefficient (Wildman–Crippen LogP) is 3.61. The lowest BCUT2D eigenvalue weighted by atomic mass is 10.0. The average Bonchev–Trinajstić information content (AvgIpc) is 3.14. The number of carbonyl (C=O) groups is 3. The van der Waals surface area contributed by atoms with Crippen LogP contribution in [0.2, 0.25) is 0 Å². The molecule has 7 nitrogen and oxygen atoms in total. The minimum Gasteiger partial charge on any atom is -0.372 e. The van der Waals surface area contributed by atoms with Crippen LogP contribution < -0.4 is 9.80 Å². The van der Waals surface area contributed by atoms with Crippen LogP contribution in [0.5, 0.6) is 0 Å². The number of amides is 4. The molecular weight excluding hydrogens is 404 g/mol. The Hall–Kier alpha value is -3.35. The van der Waals surface area contributed by atoms with Crippen LogP contribution in [0.15, 0.2) is 54.6 Å². The summed E-state index contributed by atoms with van der Waals surface area (Å²) >= 11 is 0. The fourth-order valence-electron chi connectivity index (χ4n) is 4.60. The van der Waals surface area contributed by atoms with E-state index in [1.807, 2.05) is 47.4 Å². The van der Waals surface area contributed by atoms with E-state index in [1.165, 1.54) is 4.90 Å². The van der Waals surface area contributed by atoms with Gasteiger partial charge in [0.2, 0.25) is 0 Å². The number of nitrogens with zero attached hydrogens (tertiary/aromatic N) is 4. The molecule has 4 amide bonds. The minimum absolute atomic E-state index is 0.0179. The Labute approximate surface area is 189 Å². The van der Waals surface area contributed by atoms with Crippen molar-refractivity contribution in [2.75, 3.05) is 42.5 Å². The van der Waals surface area contributed by atoms with Gasteiger partial charge in [0, 0.05) is 43.5 Å². The van der Waals surface area contributed by atoms with Crippen molar-refractivity contribution in [3.8, 4) is 0 Å². The molecule has 0 bridgehead atoms. The zero-order valence-electron chi connectivity index (χ0n) is 18.7. The molecule has 7 heteroatoms. The van der Waals surface area contributed by atoms with Crippen molar-refractivity contribution in [3.63, 3.8) is 0 Å². The Morgan fingerprint density at radius 3 is 2.16 bits per heavy atom. The Kier molecular flexibility index (Phi) is 6.44. The third-order valence-corrected chi connectivity index (χ3v) is 6.44. The highest BCUT2D eigenvalue weighted by molar-refractivity contribution is 6.19. The van der Waals surface area contributed by atoms with Crippen LogP contribution in [0.25, 0.3) is 0 Å². The summed E-state index contributed by atoms with van der Waals surface area (Å²) in [5.74, 6) is -0.183. The van der Waals surface area contributed by atoms with Gasteiger partial charge < -0.3 is 14.7 Å². The van der Waals surface area contributed by atoms with Crippen LogP contribution in [0.1, 0.15) is 37.0 Å². The average molecular weight is 435 g/mol. The van der Waals surface area contributed by atoms with Gasteiger partial charge in [0.05, 0.1) is 5.69 Å². The SMILES string of the molecule is CCN(CC)c1ccc(C(=O)N2CCC(N3CC(=O)N(c4ccccc4)C3=O)CC2)cc1. The number of carbonyl (C=O) groups excluding carboxylic acids is 3. The molecule has 0 atom stereocenters. The number of hydrogen-bond donors (Lipinski definition) is 0. The highest BCUT2D eigenvalue weighted by atomic mass is 16.2. The molecule has 0 spiro atoms. The first-order valence-electron chi connectivity index (χ1n) is 11.4. The van der Waals surface area contributed by atoms with Crippen molar-refractivity contribution in [2.45, 2.75) is 32.7 Å². The van der Waals surface area contributed by atoms with Crippen molar-refractivity contribution in [2.24, 2.45) is 0 Å². The van der Waals surface area contributed by atoms with Gasteiger partial charge >= 0.3 is 6.03 Å². The Morgan fingerprint density at radius 1 is 0.938 bits per heavy atom. The first-order valence-corrected chi connectivity index (χ1v) is 11.4. The van der Waals surface area contributed by atoms with Crippen LogP contribution in [0, 0.1) is 0 Å². The number of anilines is 2. The second-order valence-electron chi connectivity index (χ2n) is 8.22. The summed E-state index contributed by atoms with van der Waals surface area (Å²) in [5, 5.41) is 0. The van der Waals surface area contributed by atoms with E-state index in [2.05, 4.69) is 18.7 Å². The summed E-state index contributed by atoms with van der Waals surface area (Å²) in [6.07, 6.45) is 1.34. The van der Waals surface area contributed by atoms with Gasteiger partial charge in [0.1, 0.15) is 6.54 Å². The molecule has 2 fully saturated rings. The molecule has 0 radical (unpaired) electrons. The van der Waals surface area contributed by atoms with E-state index in [-0.39, 0.29) is 30.4 Å². The zero-order chi connectivity index (χ0) is 22.7. The van der Waals surface area contributed by atoms with E-state index in [9.17, 15) is 14.4 Å². The molecule has 2 aliphatic rings. The maximum atomic E-state index is 13.0. The highest BCUT2D eigenvalue weighted by Gasteiger charge is 2.41. The van der Waals surface area contributed by atoms with Gasteiger partial charge in [0.15, 0.2) is 0 Å². The molecule has 2 aliphatic heterocycles. The van der Waals surface area contributed by atoms with Crippen LogP contribution >= 0.6 is 0 Å². The summed E-state index contributed by atoms with van der Waals surface area (Å²) in [6, 6.07) is 16.5. The van der Waals surface area contributed by atoms with Crippen molar-refractivity contribution in [1.82, 2.24) is 9.80 Å². The van der Waals surface area contributed by atoms with E-state index in [0.717, 1.165) is 18.8 Å². The molecule has 2 heterocycles. The van der Waals surface area contributed by atoms with Gasteiger partial charge in [-0.1, -0.05) is 18.2 Å². The lowest BCUT2D eigenvalue weighted by molar-refractivity contribution is -0.116. The first-order chi connectivity index (χ1) is 15.5. The van der Waals surface area contributed by atoms with Crippen LogP contribution in [-0.2, 0) is 4.79 Å². The van der Waals surface area contributed by atoms with E-state index in [0.29, 0.717) is 37.2 Å². The minimum atomic E-state index is -0.266. The van der Waals surface area contributed by atoms with Crippen molar-refractivity contribution >= 4 is 29.2 Å². The number of benzene rings is 2. The Morgan fingerprint density at radius 2 is 1.56 bits per heavy atom. The van der Waals surface area contributed by atoms with Crippen LogP contribution in [0.3, 0.4) is 0 Å². The van der Waals surface area contributed by atoms with Gasteiger partial charge in [-0.05, 0) is 63.1 Å². The molecule has 4 rings (SSSR count). The van der Waals surface area contributed by atoms with E-state index < -0.39 is 0 Å². The second kappa shape index (κ2) is 9.42. The number of piperidine rings is 1. The largest absolute Gasteiger partial charge is 0.372 e. The summed E-state index contributed by atoms with van der Waals surface area (Å²) in [7, 11) is 0. The number of para-hydroxylation sites is 1. The maximum Gasteiger partial charge on any atom is 0.332 e.